The SMILES string of the molecule is NN1C=NC2=C(c3cnn(CC(F)F)c3)NN(Cc3ccccc3C3CC3)C2=C1. The van der Waals surface area contributed by atoms with E-state index in [1.807, 2.05) is 11.1 Å². The van der Waals surface area contributed by atoms with Crippen LogP contribution >= 0.6 is 0 Å². The molecule has 3 N–H and O–H groups in total. The lowest BCUT2D eigenvalue weighted by molar-refractivity contribution is 0.122. The molecule has 150 valence electrons. The summed E-state index contributed by atoms with van der Waals surface area (Å²) in [5, 5.41) is 7.44. The molecular formula is C20H21F2N7. The number of hydrazine groups is 2. The van der Waals surface area contributed by atoms with Crippen molar-refractivity contribution >= 4 is 12.0 Å². The maximum Gasteiger partial charge on any atom is 0.257 e. The molecule has 3 aliphatic rings. The number of aliphatic imine (C=N–C) groups is 1. The Labute approximate surface area is 166 Å². The van der Waals surface area contributed by atoms with Gasteiger partial charge in [0.25, 0.3) is 6.43 Å². The van der Waals surface area contributed by atoms with E-state index in [1.165, 1.54) is 40.0 Å². The van der Waals surface area contributed by atoms with Crippen molar-refractivity contribution in [2.45, 2.75) is 38.3 Å². The van der Waals surface area contributed by atoms with Crippen LogP contribution in [0.1, 0.15) is 35.4 Å². The van der Waals surface area contributed by atoms with E-state index >= 15 is 0 Å². The van der Waals surface area contributed by atoms with E-state index in [4.69, 9.17) is 5.84 Å². The monoisotopic (exact) mass is 397 g/mol. The molecule has 5 rings (SSSR count). The summed E-state index contributed by atoms with van der Waals surface area (Å²) in [6.45, 7) is 0.198. The van der Waals surface area contributed by atoms with Crippen LogP contribution in [0.25, 0.3) is 5.70 Å². The smallest absolute Gasteiger partial charge is 0.257 e. The van der Waals surface area contributed by atoms with E-state index < -0.39 is 13.0 Å². The van der Waals surface area contributed by atoms with E-state index in [2.05, 4.69) is 33.7 Å². The number of nitrogens with one attached hydrogen (secondary N) is 1. The summed E-state index contributed by atoms with van der Waals surface area (Å²) < 4.78 is 26.6. The first kappa shape index (κ1) is 17.9. The number of rotatable bonds is 6. The Balaban J connectivity index is 1.45. The molecule has 2 aliphatic heterocycles. The van der Waals surface area contributed by atoms with Crippen LogP contribution in [-0.2, 0) is 13.1 Å². The highest BCUT2D eigenvalue weighted by Gasteiger charge is 2.32. The zero-order chi connectivity index (χ0) is 20.0. The first-order valence-corrected chi connectivity index (χ1v) is 9.55. The second-order valence-corrected chi connectivity index (χ2v) is 7.44. The predicted octanol–water partition coefficient (Wildman–Crippen LogP) is 2.77. The van der Waals surface area contributed by atoms with Gasteiger partial charge in [-0.25, -0.2) is 19.6 Å². The number of nitrogens with zero attached hydrogens (tertiary/aromatic N) is 5. The minimum Gasteiger partial charge on any atom is -0.295 e. The topological polar surface area (TPSA) is 74.7 Å². The number of halogens is 2. The predicted molar refractivity (Wildman–Crippen MR) is 105 cm³/mol. The zero-order valence-electron chi connectivity index (χ0n) is 15.7. The fourth-order valence-corrected chi connectivity index (χ4v) is 3.77. The van der Waals surface area contributed by atoms with Crippen molar-refractivity contribution in [3.05, 3.63) is 70.9 Å². The number of aromatic nitrogens is 2. The second-order valence-electron chi connectivity index (χ2n) is 7.44. The molecule has 0 saturated heterocycles. The van der Waals surface area contributed by atoms with Crippen LogP contribution in [0, 0.1) is 0 Å². The van der Waals surface area contributed by atoms with Crippen molar-refractivity contribution in [2.75, 3.05) is 0 Å². The number of nitrogens with two attached hydrogens (primary N) is 1. The van der Waals surface area contributed by atoms with E-state index in [0.29, 0.717) is 23.7 Å². The van der Waals surface area contributed by atoms with Gasteiger partial charge in [0.05, 0.1) is 18.4 Å². The molecule has 1 fully saturated rings. The van der Waals surface area contributed by atoms with E-state index in [-0.39, 0.29) is 0 Å². The minimum absolute atomic E-state index is 0.441. The van der Waals surface area contributed by atoms with E-state index in [0.717, 1.165) is 11.4 Å². The third-order valence-corrected chi connectivity index (χ3v) is 5.26. The van der Waals surface area contributed by atoms with Gasteiger partial charge in [-0.2, -0.15) is 5.10 Å². The fraction of sp³-hybridized carbons (Fsp3) is 0.300. The summed E-state index contributed by atoms with van der Waals surface area (Å²) in [4.78, 5) is 4.46. The van der Waals surface area contributed by atoms with Crippen molar-refractivity contribution in [1.82, 2.24) is 25.2 Å². The summed E-state index contributed by atoms with van der Waals surface area (Å²) >= 11 is 0. The molecular weight excluding hydrogens is 376 g/mol. The molecule has 0 unspecified atom stereocenters. The van der Waals surface area contributed by atoms with Crippen LogP contribution in [0.2, 0.25) is 0 Å². The van der Waals surface area contributed by atoms with Crippen LogP contribution in [0.4, 0.5) is 8.78 Å². The number of alkyl halides is 2. The van der Waals surface area contributed by atoms with Gasteiger partial charge < -0.3 is 0 Å². The van der Waals surface area contributed by atoms with Gasteiger partial charge in [-0.3, -0.25) is 20.1 Å². The Bertz CT molecular complexity index is 1020. The Hall–Kier alpha value is -3.20. The second kappa shape index (κ2) is 7.00. The molecule has 9 heteroatoms. The van der Waals surface area contributed by atoms with Crippen molar-refractivity contribution in [1.29, 1.82) is 0 Å². The first-order chi connectivity index (χ1) is 14.1. The Morgan fingerprint density at radius 1 is 1.24 bits per heavy atom. The standard InChI is InChI=1S/C20H21F2N7/c21-18(22)11-28-8-15(7-25-28)19-20-17(10-27(23)12-24-20)29(26-19)9-14-3-1-2-4-16(14)13-5-6-13/h1-4,7-8,10,12-13,18,26H,5-6,9,11,23H2. The van der Waals surface area contributed by atoms with Gasteiger partial charge >= 0.3 is 0 Å². The first-order valence-electron chi connectivity index (χ1n) is 9.55. The Kier molecular flexibility index (Phi) is 4.31. The summed E-state index contributed by atoms with van der Waals surface area (Å²) in [7, 11) is 0. The van der Waals surface area contributed by atoms with Gasteiger partial charge in [0.2, 0.25) is 0 Å². The van der Waals surface area contributed by atoms with Crippen LogP contribution < -0.4 is 11.3 Å². The fourth-order valence-electron chi connectivity index (χ4n) is 3.77. The van der Waals surface area contributed by atoms with E-state index in [1.54, 1.807) is 18.6 Å². The van der Waals surface area contributed by atoms with E-state index in [9.17, 15) is 8.78 Å². The molecule has 2 aromatic rings. The quantitative estimate of drug-likeness (QED) is 0.734. The highest BCUT2D eigenvalue weighted by molar-refractivity contribution is 5.77. The summed E-state index contributed by atoms with van der Waals surface area (Å²) in [6.07, 6.45) is 6.49. The lowest BCUT2D eigenvalue weighted by Gasteiger charge is -2.25. The molecule has 0 radical (unpaired) electrons. The van der Waals surface area contributed by atoms with Crippen LogP contribution in [-0.4, -0.2) is 32.6 Å². The number of hydrogen-bond donors (Lipinski definition) is 2. The molecule has 7 nitrogen and oxygen atoms in total. The van der Waals surface area contributed by atoms with Crippen molar-refractivity contribution in [2.24, 2.45) is 10.8 Å². The minimum atomic E-state index is -2.46. The highest BCUT2D eigenvalue weighted by atomic mass is 19.3. The molecule has 0 atom stereocenters. The third-order valence-electron chi connectivity index (χ3n) is 5.26. The molecule has 1 aromatic carbocycles. The van der Waals surface area contributed by atoms with Crippen LogP contribution in [0.3, 0.4) is 0 Å². The zero-order valence-corrected chi connectivity index (χ0v) is 15.7. The van der Waals surface area contributed by atoms with Gasteiger partial charge in [0.15, 0.2) is 0 Å². The van der Waals surface area contributed by atoms with Crippen molar-refractivity contribution < 1.29 is 8.78 Å². The van der Waals surface area contributed by atoms with Crippen molar-refractivity contribution in [3.8, 4) is 0 Å². The highest BCUT2D eigenvalue weighted by Crippen LogP contribution is 2.42. The number of fused-ring (bicyclic) bond motifs is 1. The molecule has 1 saturated carbocycles. The molecule has 1 aromatic heterocycles. The van der Waals surface area contributed by atoms with Gasteiger partial charge in [0, 0.05) is 18.0 Å². The van der Waals surface area contributed by atoms with Gasteiger partial charge in [0.1, 0.15) is 24.3 Å². The van der Waals surface area contributed by atoms with Crippen LogP contribution in [0.5, 0.6) is 0 Å². The lowest BCUT2D eigenvalue weighted by Crippen LogP contribution is -2.33. The molecule has 3 heterocycles. The average molecular weight is 397 g/mol. The normalized spacial score (nSPS) is 18.4. The summed E-state index contributed by atoms with van der Waals surface area (Å²) in [5.41, 5.74) is 8.97. The largest absolute Gasteiger partial charge is 0.295 e. The average Bonchev–Trinajstić information content (AvgIpc) is 3.35. The van der Waals surface area contributed by atoms with Gasteiger partial charge in [-0.1, -0.05) is 24.3 Å². The van der Waals surface area contributed by atoms with Crippen LogP contribution in [0.15, 0.2) is 59.2 Å². The number of hydrogen-bond acceptors (Lipinski definition) is 6. The molecule has 0 bridgehead atoms. The molecule has 0 amide bonds. The Morgan fingerprint density at radius 3 is 2.86 bits per heavy atom. The molecule has 29 heavy (non-hydrogen) atoms. The number of benzene rings is 1. The summed E-state index contributed by atoms with van der Waals surface area (Å²) in [5.74, 6) is 6.55. The van der Waals surface area contributed by atoms with Crippen molar-refractivity contribution in [3.63, 3.8) is 0 Å². The maximum absolute atomic E-state index is 12.7. The lowest BCUT2D eigenvalue weighted by atomic mass is 10.0. The summed E-state index contributed by atoms with van der Waals surface area (Å²) in [6, 6.07) is 8.45. The van der Waals surface area contributed by atoms with Gasteiger partial charge in [-0.05, 0) is 29.9 Å². The van der Waals surface area contributed by atoms with Gasteiger partial charge in [-0.15, -0.1) is 0 Å². The molecule has 0 spiro atoms. The Morgan fingerprint density at radius 2 is 2.07 bits per heavy atom. The maximum atomic E-state index is 12.7. The third kappa shape index (κ3) is 3.49. The molecule has 1 aliphatic carbocycles.